The van der Waals surface area contributed by atoms with Crippen molar-refractivity contribution in [3.63, 3.8) is 0 Å². The Bertz CT molecular complexity index is 1230. The van der Waals surface area contributed by atoms with Gasteiger partial charge in [0.15, 0.2) is 0 Å². The molecule has 0 aromatic heterocycles. The van der Waals surface area contributed by atoms with Crippen LogP contribution < -0.4 is 5.73 Å². The van der Waals surface area contributed by atoms with E-state index in [1.54, 1.807) is 7.05 Å². The second kappa shape index (κ2) is 9.46. The zero-order valence-electron chi connectivity index (χ0n) is 19.0. The summed E-state index contributed by atoms with van der Waals surface area (Å²) in [4.78, 5) is 9.57. The van der Waals surface area contributed by atoms with E-state index in [4.69, 9.17) is 5.73 Å². The molecule has 0 saturated heterocycles. The Morgan fingerprint density at radius 1 is 0.719 bits per heavy atom. The van der Waals surface area contributed by atoms with Crippen LogP contribution >= 0.6 is 10.0 Å². The zero-order chi connectivity index (χ0) is 22.6. The molecule has 2 N–H and O–H groups in total. The van der Waals surface area contributed by atoms with Gasteiger partial charge in [0.25, 0.3) is 0 Å². The van der Waals surface area contributed by atoms with Crippen molar-refractivity contribution < 1.29 is 0 Å². The lowest BCUT2D eigenvalue weighted by molar-refractivity contribution is 1.06. The summed E-state index contributed by atoms with van der Waals surface area (Å²) in [5, 5.41) is 0. The molecule has 1 unspecified atom stereocenters. The first-order valence-electron chi connectivity index (χ1n) is 11.0. The largest absolute Gasteiger partial charge is 0.384 e. The third-order valence-electron chi connectivity index (χ3n) is 5.95. The van der Waals surface area contributed by atoms with Crippen molar-refractivity contribution in [2.45, 2.75) is 39.9 Å². The summed E-state index contributed by atoms with van der Waals surface area (Å²) in [6.45, 7) is 4.47. The van der Waals surface area contributed by atoms with E-state index in [0.29, 0.717) is 5.84 Å². The Hall–Kier alpha value is -3.30. The third-order valence-corrected chi connectivity index (χ3v) is 10.1. The van der Waals surface area contributed by atoms with Gasteiger partial charge in [-0.05, 0) is 60.9 Å². The molecule has 0 saturated carbocycles. The van der Waals surface area contributed by atoms with Crippen molar-refractivity contribution in [3.05, 3.63) is 120 Å². The molecule has 162 valence electrons. The summed E-state index contributed by atoms with van der Waals surface area (Å²) in [6, 6.07) is 37.4. The molecule has 0 aliphatic rings. The third kappa shape index (κ3) is 3.74. The Labute approximate surface area is 193 Å². The number of rotatable bonds is 6. The quantitative estimate of drug-likeness (QED) is 0.250. The minimum Gasteiger partial charge on any atom is -0.384 e. The average molecular weight is 439 g/mol. The molecular formula is C29H30N2S. The summed E-state index contributed by atoms with van der Waals surface area (Å²) in [5.41, 5.74) is 9.75. The van der Waals surface area contributed by atoms with Gasteiger partial charge < -0.3 is 5.73 Å². The smallest absolute Gasteiger partial charge is 0.125 e. The van der Waals surface area contributed by atoms with Crippen molar-refractivity contribution in [2.24, 2.45) is 10.7 Å². The van der Waals surface area contributed by atoms with Crippen LogP contribution in [0.2, 0.25) is 0 Å². The molecular weight excluding hydrogens is 408 g/mol. The summed E-state index contributed by atoms with van der Waals surface area (Å²) >= 11 is 0. The molecule has 0 bridgehead atoms. The van der Waals surface area contributed by atoms with Crippen LogP contribution in [0.25, 0.3) is 0 Å². The van der Waals surface area contributed by atoms with E-state index in [1.807, 2.05) is 0 Å². The minimum atomic E-state index is -1.71. The predicted molar refractivity (Wildman–Crippen MR) is 137 cm³/mol. The van der Waals surface area contributed by atoms with Gasteiger partial charge in [0.1, 0.15) is 5.84 Å². The van der Waals surface area contributed by atoms with Crippen molar-refractivity contribution in [1.82, 2.24) is 0 Å². The van der Waals surface area contributed by atoms with E-state index in [9.17, 15) is 0 Å². The fourth-order valence-corrected chi connectivity index (χ4v) is 8.70. The number of nitrogens with two attached hydrogens (primary N) is 1. The monoisotopic (exact) mass is 438 g/mol. The molecule has 3 heteroatoms. The fourth-order valence-electron chi connectivity index (χ4n) is 4.34. The van der Waals surface area contributed by atoms with Crippen LogP contribution in [-0.2, 0) is 6.42 Å². The summed E-state index contributed by atoms with van der Waals surface area (Å²) in [7, 11) is 0.0152. The number of hydrogen-bond donors (Lipinski definition) is 1. The van der Waals surface area contributed by atoms with Gasteiger partial charge >= 0.3 is 0 Å². The van der Waals surface area contributed by atoms with E-state index < -0.39 is 10.0 Å². The van der Waals surface area contributed by atoms with Crippen LogP contribution in [0.15, 0.2) is 128 Å². The number of amidine groups is 1. The second-order valence-electron chi connectivity index (χ2n) is 7.79. The van der Waals surface area contributed by atoms with Gasteiger partial charge in [-0.1, -0.05) is 73.7 Å². The van der Waals surface area contributed by atoms with E-state index in [2.05, 4.69) is 122 Å². The molecule has 0 heterocycles. The summed E-state index contributed by atoms with van der Waals surface area (Å²) < 4.78 is 0. The molecule has 4 aromatic rings. The first-order valence-corrected chi connectivity index (χ1v) is 12.6. The van der Waals surface area contributed by atoms with Gasteiger partial charge in [-0.15, -0.1) is 10.0 Å². The molecule has 0 aliphatic carbocycles. The molecule has 2 nitrogen and oxygen atoms in total. The predicted octanol–water partition coefficient (Wildman–Crippen LogP) is 7.23. The first kappa shape index (κ1) is 21.9. The maximum atomic E-state index is 6.11. The topological polar surface area (TPSA) is 38.4 Å². The van der Waals surface area contributed by atoms with E-state index >= 15 is 0 Å². The first-order chi connectivity index (χ1) is 15.6. The van der Waals surface area contributed by atoms with E-state index in [0.717, 1.165) is 12.0 Å². The van der Waals surface area contributed by atoms with Gasteiger partial charge in [0, 0.05) is 32.2 Å². The van der Waals surface area contributed by atoms with E-state index in [1.165, 1.54) is 30.7 Å². The van der Waals surface area contributed by atoms with Crippen LogP contribution in [0.3, 0.4) is 0 Å². The number of aryl methyl sites for hydroxylation is 2. The second-order valence-corrected chi connectivity index (χ2v) is 10.8. The lowest BCUT2D eigenvalue weighted by atomic mass is 10.2. The van der Waals surface area contributed by atoms with Crippen LogP contribution in [0.4, 0.5) is 0 Å². The lowest BCUT2D eigenvalue weighted by Gasteiger charge is -2.44. The van der Waals surface area contributed by atoms with Gasteiger partial charge in [-0.25, -0.2) is 0 Å². The Morgan fingerprint density at radius 2 is 1.28 bits per heavy atom. The highest BCUT2D eigenvalue weighted by molar-refractivity contribution is 8.34. The van der Waals surface area contributed by atoms with Crippen LogP contribution in [0.5, 0.6) is 0 Å². The minimum absolute atomic E-state index is 0.557. The van der Waals surface area contributed by atoms with Crippen LogP contribution in [-0.4, -0.2) is 12.9 Å². The van der Waals surface area contributed by atoms with Crippen molar-refractivity contribution in [3.8, 4) is 0 Å². The van der Waals surface area contributed by atoms with Crippen LogP contribution in [0, 0.1) is 6.92 Å². The normalized spacial score (nSPS) is 14.5. The number of aliphatic imine (C=N–C) groups is 1. The SMILES string of the molecule is CCc1ccccc1S(c1ccccc1)(c1ccc(C(N)=NC)cc1)c1ccccc1C. The highest BCUT2D eigenvalue weighted by Gasteiger charge is 2.35. The van der Waals surface area contributed by atoms with Crippen molar-refractivity contribution >= 4 is 15.9 Å². The maximum Gasteiger partial charge on any atom is 0.125 e. The lowest BCUT2D eigenvalue weighted by Crippen LogP contribution is -2.13. The average Bonchev–Trinajstić information content (AvgIpc) is 2.86. The standard InChI is InChI=1S/C29H30N2S/c1-4-23-13-9-11-17-28(23)32(25-14-6-5-7-15-25,27-16-10-8-12-22(27)2)26-20-18-24(19-21-26)29(30)31-3/h5-21H,4H2,1-3H3,(H2,30,31). The van der Waals surface area contributed by atoms with Gasteiger partial charge in [0.2, 0.25) is 0 Å². The van der Waals surface area contributed by atoms with Crippen molar-refractivity contribution in [2.75, 3.05) is 7.05 Å². The van der Waals surface area contributed by atoms with Gasteiger partial charge in [-0.2, -0.15) is 0 Å². The van der Waals surface area contributed by atoms with Gasteiger partial charge in [0.05, 0.1) is 0 Å². The van der Waals surface area contributed by atoms with Gasteiger partial charge in [-0.3, -0.25) is 4.99 Å². The number of nitrogens with zero attached hydrogens (tertiary/aromatic N) is 1. The van der Waals surface area contributed by atoms with Crippen molar-refractivity contribution in [1.29, 1.82) is 0 Å². The fraction of sp³-hybridized carbons (Fsp3) is 0.138. The Kier molecular flexibility index (Phi) is 6.48. The molecule has 32 heavy (non-hydrogen) atoms. The molecule has 1 atom stereocenters. The Morgan fingerprint density at radius 3 is 1.91 bits per heavy atom. The molecule has 0 fully saturated rings. The highest BCUT2D eigenvalue weighted by atomic mass is 32.3. The molecule has 0 amide bonds. The number of hydrogen-bond acceptors (Lipinski definition) is 1. The summed E-state index contributed by atoms with van der Waals surface area (Å²) in [6.07, 6.45) is 0.983. The number of benzene rings is 4. The Balaban J connectivity index is 2.15. The molecule has 4 aromatic carbocycles. The highest BCUT2D eigenvalue weighted by Crippen LogP contribution is 2.74. The maximum absolute atomic E-state index is 6.11. The molecule has 0 aliphatic heterocycles. The molecule has 4 rings (SSSR count). The van der Waals surface area contributed by atoms with Crippen LogP contribution in [0.1, 0.15) is 23.6 Å². The summed E-state index contributed by atoms with van der Waals surface area (Å²) in [5.74, 6) is 0.557. The molecule has 0 spiro atoms. The van der Waals surface area contributed by atoms with E-state index in [-0.39, 0.29) is 0 Å². The molecule has 0 radical (unpaired) electrons. The zero-order valence-corrected chi connectivity index (χ0v) is 19.8.